The number of rotatable bonds is 3. The molecule has 4 rings (SSSR count). The van der Waals surface area contributed by atoms with Crippen molar-refractivity contribution in [1.29, 1.82) is 0 Å². The maximum atomic E-state index is 4.60. The maximum absolute atomic E-state index is 4.60. The molecule has 0 amide bonds. The van der Waals surface area contributed by atoms with Gasteiger partial charge in [0.15, 0.2) is 5.65 Å². The van der Waals surface area contributed by atoms with Crippen molar-refractivity contribution in [3.8, 4) is 11.3 Å². The lowest BCUT2D eigenvalue weighted by Crippen LogP contribution is -2.00. The van der Waals surface area contributed by atoms with Gasteiger partial charge in [-0.1, -0.05) is 36.4 Å². The second kappa shape index (κ2) is 5.29. The normalized spacial score (nSPS) is 10.7. The van der Waals surface area contributed by atoms with E-state index in [0.29, 0.717) is 0 Å². The van der Waals surface area contributed by atoms with Gasteiger partial charge in [0.25, 0.3) is 0 Å². The predicted molar refractivity (Wildman–Crippen MR) is 85.9 cm³/mol. The van der Waals surface area contributed by atoms with E-state index in [0.717, 1.165) is 28.4 Å². The molecule has 5 nitrogen and oxygen atoms in total. The Morgan fingerprint density at radius 2 is 1.73 bits per heavy atom. The van der Waals surface area contributed by atoms with Crippen LogP contribution in [0, 0.1) is 0 Å². The topological polar surface area (TPSA) is 55.1 Å². The zero-order valence-electron chi connectivity index (χ0n) is 11.7. The van der Waals surface area contributed by atoms with Crippen molar-refractivity contribution < 1.29 is 0 Å². The molecule has 0 spiro atoms. The van der Waals surface area contributed by atoms with E-state index < -0.39 is 0 Å². The maximum Gasteiger partial charge on any atom is 0.177 e. The van der Waals surface area contributed by atoms with Crippen LogP contribution in [0.15, 0.2) is 73.2 Å². The van der Waals surface area contributed by atoms with Gasteiger partial charge < -0.3 is 5.32 Å². The van der Waals surface area contributed by atoms with Crippen LogP contribution in [0.3, 0.4) is 0 Å². The van der Waals surface area contributed by atoms with E-state index in [4.69, 9.17) is 0 Å². The molecule has 0 atom stereocenters. The highest BCUT2D eigenvalue weighted by molar-refractivity contribution is 5.76. The second-order valence-electron chi connectivity index (χ2n) is 4.84. The molecule has 5 heteroatoms. The molecule has 3 aromatic heterocycles. The molecule has 0 saturated heterocycles. The molecule has 106 valence electrons. The minimum absolute atomic E-state index is 0.769. The first-order valence-electron chi connectivity index (χ1n) is 6.98. The van der Waals surface area contributed by atoms with Crippen LogP contribution in [-0.4, -0.2) is 19.6 Å². The molecule has 0 bridgehead atoms. The SMILES string of the molecule is c1ccc(-c2cc(Nc3ccccn3)c3nccn3n2)cc1. The molecule has 22 heavy (non-hydrogen) atoms. The van der Waals surface area contributed by atoms with Gasteiger partial charge in [-0.3, -0.25) is 0 Å². The number of pyridine rings is 1. The summed E-state index contributed by atoms with van der Waals surface area (Å²) in [5, 5.41) is 7.91. The summed E-state index contributed by atoms with van der Waals surface area (Å²) in [6.07, 6.45) is 5.33. The average molecular weight is 287 g/mol. The van der Waals surface area contributed by atoms with E-state index in [1.807, 2.05) is 60.8 Å². The Balaban J connectivity index is 1.84. The number of benzene rings is 1. The summed E-state index contributed by atoms with van der Waals surface area (Å²) in [5.41, 5.74) is 3.58. The van der Waals surface area contributed by atoms with E-state index in [9.17, 15) is 0 Å². The fourth-order valence-corrected chi connectivity index (χ4v) is 2.33. The molecule has 1 aromatic carbocycles. The molecule has 0 radical (unpaired) electrons. The number of anilines is 2. The summed E-state index contributed by atoms with van der Waals surface area (Å²) in [5.74, 6) is 0.776. The van der Waals surface area contributed by atoms with Crippen LogP contribution < -0.4 is 5.32 Å². The van der Waals surface area contributed by atoms with Crippen molar-refractivity contribution in [3.05, 3.63) is 73.2 Å². The Morgan fingerprint density at radius 1 is 0.864 bits per heavy atom. The van der Waals surface area contributed by atoms with Crippen molar-refractivity contribution >= 4 is 17.2 Å². The van der Waals surface area contributed by atoms with Gasteiger partial charge in [-0.25, -0.2) is 14.5 Å². The summed E-state index contributed by atoms with van der Waals surface area (Å²) < 4.78 is 1.77. The van der Waals surface area contributed by atoms with E-state index in [1.165, 1.54) is 0 Å². The molecule has 0 aliphatic heterocycles. The third-order valence-electron chi connectivity index (χ3n) is 3.36. The van der Waals surface area contributed by atoms with E-state index >= 15 is 0 Å². The molecular weight excluding hydrogens is 274 g/mol. The summed E-state index contributed by atoms with van der Waals surface area (Å²) in [4.78, 5) is 8.66. The molecule has 4 aromatic rings. The fraction of sp³-hybridized carbons (Fsp3) is 0. The molecule has 0 fully saturated rings. The average Bonchev–Trinajstić information content (AvgIpc) is 3.05. The lowest BCUT2D eigenvalue weighted by molar-refractivity contribution is 0.943. The first-order chi connectivity index (χ1) is 10.9. The highest BCUT2D eigenvalue weighted by atomic mass is 15.3. The highest BCUT2D eigenvalue weighted by Gasteiger charge is 2.09. The van der Waals surface area contributed by atoms with Gasteiger partial charge in [-0.05, 0) is 18.2 Å². The Labute approximate surface area is 127 Å². The van der Waals surface area contributed by atoms with Gasteiger partial charge >= 0.3 is 0 Å². The van der Waals surface area contributed by atoms with Crippen molar-refractivity contribution in [2.75, 3.05) is 5.32 Å². The lowest BCUT2D eigenvalue weighted by Gasteiger charge is -2.09. The van der Waals surface area contributed by atoms with Crippen LogP contribution in [0.5, 0.6) is 0 Å². The standard InChI is InChI=1S/C17H13N5/c1-2-6-13(7-3-1)14-12-15(17-19-10-11-22(17)21-14)20-16-8-4-5-9-18-16/h1-12H,(H,18,20). The number of nitrogens with zero attached hydrogens (tertiary/aromatic N) is 4. The molecule has 3 heterocycles. The Kier molecular flexibility index (Phi) is 3.01. The zero-order chi connectivity index (χ0) is 14.8. The minimum atomic E-state index is 0.769. The van der Waals surface area contributed by atoms with Crippen molar-refractivity contribution in [1.82, 2.24) is 19.6 Å². The Bertz CT molecular complexity index is 900. The Hall–Kier alpha value is -3.21. The van der Waals surface area contributed by atoms with Crippen LogP contribution >= 0.6 is 0 Å². The number of nitrogens with one attached hydrogen (secondary N) is 1. The van der Waals surface area contributed by atoms with Gasteiger partial charge in [-0.15, -0.1) is 0 Å². The molecular formula is C17H13N5. The molecule has 0 saturated carbocycles. The Morgan fingerprint density at radius 3 is 2.55 bits per heavy atom. The third-order valence-corrected chi connectivity index (χ3v) is 3.36. The highest BCUT2D eigenvalue weighted by Crippen LogP contribution is 2.25. The van der Waals surface area contributed by atoms with Crippen LogP contribution in [0.2, 0.25) is 0 Å². The number of hydrogen-bond donors (Lipinski definition) is 1. The number of hydrogen-bond acceptors (Lipinski definition) is 4. The summed E-state index contributed by atoms with van der Waals surface area (Å²) in [6, 6.07) is 17.8. The predicted octanol–water partition coefficient (Wildman–Crippen LogP) is 3.53. The van der Waals surface area contributed by atoms with Crippen molar-refractivity contribution in [2.24, 2.45) is 0 Å². The number of imidazole rings is 1. The van der Waals surface area contributed by atoms with Crippen LogP contribution in [0.25, 0.3) is 16.9 Å². The first-order valence-corrected chi connectivity index (χ1v) is 6.98. The smallest absolute Gasteiger partial charge is 0.177 e. The number of fused-ring (bicyclic) bond motifs is 1. The van der Waals surface area contributed by atoms with Gasteiger partial charge in [0.1, 0.15) is 5.82 Å². The molecule has 0 unspecified atom stereocenters. The fourth-order valence-electron chi connectivity index (χ4n) is 2.33. The second-order valence-corrected chi connectivity index (χ2v) is 4.84. The largest absolute Gasteiger partial charge is 0.337 e. The zero-order valence-corrected chi connectivity index (χ0v) is 11.7. The molecule has 0 aliphatic rings. The summed E-state index contributed by atoms with van der Waals surface area (Å²) in [6.45, 7) is 0. The first kappa shape index (κ1) is 12.5. The number of aromatic nitrogens is 4. The summed E-state index contributed by atoms with van der Waals surface area (Å²) in [7, 11) is 0. The van der Waals surface area contributed by atoms with Gasteiger partial charge in [0.05, 0.1) is 11.4 Å². The van der Waals surface area contributed by atoms with Crippen molar-refractivity contribution in [2.45, 2.75) is 0 Å². The van der Waals surface area contributed by atoms with E-state index in [1.54, 1.807) is 16.9 Å². The van der Waals surface area contributed by atoms with E-state index in [-0.39, 0.29) is 0 Å². The monoisotopic (exact) mass is 287 g/mol. The minimum Gasteiger partial charge on any atom is -0.337 e. The van der Waals surface area contributed by atoms with Crippen molar-refractivity contribution in [3.63, 3.8) is 0 Å². The third kappa shape index (κ3) is 2.29. The lowest BCUT2D eigenvalue weighted by atomic mass is 10.1. The molecule has 1 N–H and O–H groups in total. The van der Waals surface area contributed by atoms with Crippen LogP contribution in [0.4, 0.5) is 11.5 Å². The van der Waals surface area contributed by atoms with E-state index in [2.05, 4.69) is 20.4 Å². The quantitative estimate of drug-likeness (QED) is 0.626. The summed E-state index contributed by atoms with van der Waals surface area (Å²) >= 11 is 0. The van der Waals surface area contributed by atoms with Gasteiger partial charge in [0.2, 0.25) is 0 Å². The molecule has 0 aliphatic carbocycles. The van der Waals surface area contributed by atoms with Crippen LogP contribution in [0.1, 0.15) is 0 Å². The van der Waals surface area contributed by atoms with Gasteiger partial charge in [-0.2, -0.15) is 5.10 Å². The van der Waals surface area contributed by atoms with Gasteiger partial charge in [0, 0.05) is 24.2 Å². The van der Waals surface area contributed by atoms with Crippen LogP contribution in [-0.2, 0) is 0 Å².